The highest BCUT2D eigenvalue weighted by atomic mass is 16.4. The average Bonchev–Trinajstić information content (AvgIpc) is 2.93. The Bertz CT molecular complexity index is 662. The zero-order valence-electron chi connectivity index (χ0n) is 27.0. The Morgan fingerprint density at radius 3 is 1.12 bits per heavy atom. The largest absolute Gasteiger partial charge is 0.477 e. The number of aliphatic carboxylic acids is 3. The Morgan fingerprint density at radius 1 is 0.488 bits per heavy atom. The van der Waals surface area contributed by atoms with Gasteiger partial charge in [-0.05, 0) is 57.8 Å². The summed E-state index contributed by atoms with van der Waals surface area (Å²) in [7, 11) is 0. The van der Waals surface area contributed by atoms with Crippen LogP contribution in [0.1, 0.15) is 163 Å². The third kappa shape index (κ3) is 15.2. The second kappa shape index (κ2) is 24.7. The molecule has 41 heavy (non-hydrogen) atoms. The molecular formula is C34H64NO6+. The summed E-state index contributed by atoms with van der Waals surface area (Å²) >= 11 is 0. The molecule has 0 amide bonds. The van der Waals surface area contributed by atoms with Gasteiger partial charge in [0.25, 0.3) is 0 Å². The van der Waals surface area contributed by atoms with E-state index in [9.17, 15) is 29.7 Å². The number of nitrogens with zero attached hydrogens (tertiary/aromatic N) is 1. The summed E-state index contributed by atoms with van der Waals surface area (Å²) in [6, 6.07) is -3.14. The molecule has 3 atom stereocenters. The van der Waals surface area contributed by atoms with E-state index in [2.05, 4.69) is 19.1 Å². The first kappa shape index (κ1) is 39.1. The van der Waals surface area contributed by atoms with Crippen LogP contribution in [0.25, 0.3) is 0 Å². The molecule has 0 radical (unpaired) electrons. The van der Waals surface area contributed by atoms with Gasteiger partial charge in [0.1, 0.15) is 0 Å². The molecule has 7 nitrogen and oxygen atoms in total. The third-order valence-corrected chi connectivity index (χ3v) is 8.59. The highest BCUT2D eigenvalue weighted by Gasteiger charge is 2.56. The highest BCUT2D eigenvalue weighted by Crippen LogP contribution is 2.34. The number of allylic oxidation sites excluding steroid dienone is 2. The summed E-state index contributed by atoms with van der Waals surface area (Å²) in [5.74, 6) is -3.26. The van der Waals surface area contributed by atoms with E-state index in [1.54, 1.807) is 0 Å². The van der Waals surface area contributed by atoms with Gasteiger partial charge < -0.3 is 15.3 Å². The molecule has 0 saturated carbocycles. The maximum absolute atomic E-state index is 12.6. The highest BCUT2D eigenvalue weighted by molar-refractivity contribution is 5.78. The second-order valence-corrected chi connectivity index (χ2v) is 11.9. The van der Waals surface area contributed by atoms with Gasteiger partial charge in [-0.15, -0.1) is 0 Å². The number of carbonyl (C=O) groups is 3. The van der Waals surface area contributed by atoms with Crippen molar-refractivity contribution in [3.63, 3.8) is 0 Å². The first-order valence-electron chi connectivity index (χ1n) is 16.9. The Balaban J connectivity index is 5.03. The van der Waals surface area contributed by atoms with E-state index in [1.165, 1.54) is 57.8 Å². The molecule has 0 saturated heterocycles. The fourth-order valence-electron chi connectivity index (χ4n) is 6.46. The van der Waals surface area contributed by atoms with Crippen molar-refractivity contribution in [3.8, 4) is 0 Å². The molecule has 3 unspecified atom stereocenters. The fourth-order valence-corrected chi connectivity index (χ4v) is 6.46. The normalized spacial score (nSPS) is 15.4. The predicted molar refractivity (Wildman–Crippen MR) is 168 cm³/mol. The molecule has 0 aliphatic rings. The van der Waals surface area contributed by atoms with Crippen LogP contribution in [0.4, 0.5) is 0 Å². The lowest BCUT2D eigenvalue weighted by Crippen LogP contribution is -2.72. The number of hydrogen-bond donors (Lipinski definition) is 3. The molecule has 3 N–H and O–H groups in total. The van der Waals surface area contributed by atoms with Crippen molar-refractivity contribution in [1.29, 1.82) is 0 Å². The first-order chi connectivity index (χ1) is 19.7. The van der Waals surface area contributed by atoms with Crippen LogP contribution in [0.3, 0.4) is 0 Å². The zero-order chi connectivity index (χ0) is 30.9. The van der Waals surface area contributed by atoms with Crippen molar-refractivity contribution in [2.45, 2.75) is 181 Å². The molecule has 0 aliphatic carbocycles. The van der Waals surface area contributed by atoms with Gasteiger partial charge in [-0.1, -0.05) is 97.6 Å². The molecule has 0 aromatic rings. The molecule has 0 fully saturated rings. The lowest BCUT2D eigenvalue weighted by Gasteiger charge is -2.50. The molecule has 240 valence electrons. The minimum absolute atomic E-state index is 0.268. The van der Waals surface area contributed by atoms with Gasteiger partial charge in [-0.3, -0.25) is 4.48 Å². The summed E-state index contributed by atoms with van der Waals surface area (Å²) in [4.78, 5) is 37.7. The van der Waals surface area contributed by atoms with Gasteiger partial charge in [0, 0.05) is 19.3 Å². The topological polar surface area (TPSA) is 112 Å². The summed E-state index contributed by atoms with van der Waals surface area (Å²) in [6.45, 7) is 8.15. The number of unbranched alkanes of at least 4 members (excludes halogenated alkanes) is 13. The van der Waals surface area contributed by atoms with E-state index in [0.717, 1.165) is 32.1 Å². The van der Waals surface area contributed by atoms with Crippen molar-refractivity contribution in [3.05, 3.63) is 12.2 Å². The first-order valence-corrected chi connectivity index (χ1v) is 16.9. The molecule has 0 aromatic carbocycles. The molecule has 0 aliphatic heterocycles. The fraction of sp³-hybridized carbons (Fsp3) is 0.853. The summed E-state index contributed by atoms with van der Waals surface area (Å²) in [5, 5.41) is 30.8. The van der Waals surface area contributed by atoms with E-state index < -0.39 is 36.0 Å². The number of hydrogen-bond acceptors (Lipinski definition) is 3. The SMILES string of the molecule is CCCCCCCC/C=C/CCCCCCCCC[N+](C(CCC)C(=O)O)(C(CCC)C(=O)O)C(CCC)C(=O)O. The van der Waals surface area contributed by atoms with E-state index in [0.29, 0.717) is 25.7 Å². The van der Waals surface area contributed by atoms with Crippen molar-refractivity contribution in [2.24, 2.45) is 0 Å². The summed E-state index contributed by atoms with van der Waals surface area (Å²) in [5.41, 5.74) is 0. The molecule has 0 aromatic heterocycles. The average molecular weight is 583 g/mol. The van der Waals surface area contributed by atoms with Crippen LogP contribution in [0, 0.1) is 0 Å². The Morgan fingerprint density at radius 2 is 0.805 bits per heavy atom. The van der Waals surface area contributed by atoms with Crippen LogP contribution >= 0.6 is 0 Å². The lowest BCUT2D eigenvalue weighted by molar-refractivity contribution is -0.973. The number of rotatable bonds is 29. The van der Waals surface area contributed by atoms with Crippen LogP contribution < -0.4 is 0 Å². The lowest BCUT2D eigenvalue weighted by atomic mass is 9.91. The van der Waals surface area contributed by atoms with Gasteiger partial charge in [0.15, 0.2) is 18.1 Å². The quantitative estimate of drug-likeness (QED) is 0.0461. The molecular weight excluding hydrogens is 518 g/mol. The van der Waals surface area contributed by atoms with E-state index in [-0.39, 0.29) is 30.3 Å². The molecule has 0 bridgehead atoms. The van der Waals surface area contributed by atoms with E-state index in [1.807, 2.05) is 20.8 Å². The standard InChI is InChI=1S/C34H63NO6/c1-5-9-10-11-12-13-14-15-16-17-18-19-20-21-22-23-24-28-35(29(25-6-2)32(36)37,30(26-7-3)33(38)39)31(27-8-4)34(40)41/h15-16,29-31H,5-14,17-28H2,1-4H3,(H2-,36,37,38,39,40,41)/p+1/b16-15+. The second-order valence-electron chi connectivity index (χ2n) is 11.9. The van der Waals surface area contributed by atoms with Crippen LogP contribution in [0.15, 0.2) is 12.2 Å². The molecule has 0 rings (SSSR count). The van der Waals surface area contributed by atoms with Gasteiger partial charge in [0.05, 0.1) is 6.54 Å². The number of carboxylic acid groups (broad SMARTS) is 3. The van der Waals surface area contributed by atoms with E-state index >= 15 is 0 Å². The number of quaternary nitrogens is 1. The van der Waals surface area contributed by atoms with Crippen LogP contribution in [-0.2, 0) is 14.4 Å². The molecule has 7 heteroatoms. The maximum atomic E-state index is 12.6. The monoisotopic (exact) mass is 582 g/mol. The number of carboxylic acids is 3. The van der Waals surface area contributed by atoms with Crippen LogP contribution in [0.5, 0.6) is 0 Å². The third-order valence-electron chi connectivity index (χ3n) is 8.59. The molecule has 0 heterocycles. The van der Waals surface area contributed by atoms with Crippen molar-refractivity contribution in [1.82, 2.24) is 0 Å². The van der Waals surface area contributed by atoms with Crippen molar-refractivity contribution >= 4 is 17.9 Å². The van der Waals surface area contributed by atoms with Crippen molar-refractivity contribution in [2.75, 3.05) is 6.54 Å². The van der Waals surface area contributed by atoms with Crippen LogP contribution in [-0.4, -0.2) is 62.4 Å². The molecule has 0 spiro atoms. The Kier molecular flexibility index (Phi) is 23.5. The van der Waals surface area contributed by atoms with Crippen LogP contribution in [0.2, 0.25) is 0 Å². The maximum Gasteiger partial charge on any atom is 0.362 e. The smallest absolute Gasteiger partial charge is 0.362 e. The van der Waals surface area contributed by atoms with Gasteiger partial charge in [-0.25, -0.2) is 14.4 Å². The zero-order valence-corrected chi connectivity index (χ0v) is 27.0. The van der Waals surface area contributed by atoms with E-state index in [4.69, 9.17) is 0 Å². The Hall–Kier alpha value is -1.89. The van der Waals surface area contributed by atoms with Gasteiger partial charge >= 0.3 is 17.9 Å². The van der Waals surface area contributed by atoms with Gasteiger partial charge in [-0.2, -0.15) is 0 Å². The predicted octanol–water partition coefficient (Wildman–Crippen LogP) is 8.99. The summed E-state index contributed by atoms with van der Waals surface area (Å²) in [6.07, 6.45) is 24.6. The minimum Gasteiger partial charge on any atom is -0.477 e. The summed E-state index contributed by atoms with van der Waals surface area (Å²) < 4.78 is -0.374. The van der Waals surface area contributed by atoms with Crippen molar-refractivity contribution < 1.29 is 34.2 Å². The Labute approximate surface area is 251 Å². The van der Waals surface area contributed by atoms with Gasteiger partial charge in [0.2, 0.25) is 0 Å². The minimum atomic E-state index is -1.09.